The number of nitrogens with two attached hydrogens (primary N) is 1. The van der Waals surface area contributed by atoms with Crippen molar-refractivity contribution in [2.45, 2.75) is 13.0 Å². The summed E-state index contributed by atoms with van der Waals surface area (Å²) in [5.41, 5.74) is 5.58. The molecule has 0 saturated carbocycles. The number of likely N-dealkylation sites (N-methyl/N-ethyl adjacent to an activating group) is 1. The third kappa shape index (κ3) is 2.11. The van der Waals surface area contributed by atoms with Crippen LogP contribution < -0.4 is 15.4 Å². The van der Waals surface area contributed by atoms with Gasteiger partial charge in [0.25, 0.3) is 0 Å². The number of ether oxygens (including phenoxy) is 1. The number of nitrogens with zero attached hydrogens (tertiary/aromatic N) is 3. The van der Waals surface area contributed by atoms with E-state index in [1.165, 1.54) is 6.33 Å². The number of anilines is 1. The maximum atomic E-state index is 5.58. The molecule has 1 rings (SSSR count). The first kappa shape index (κ1) is 10.7. The third-order valence-electron chi connectivity index (χ3n) is 2.22. The number of aromatic nitrogens is 2. The second kappa shape index (κ2) is 4.76. The van der Waals surface area contributed by atoms with Gasteiger partial charge in [0, 0.05) is 19.6 Å². The first-order chi connectivity index (χ1) is 6.70. The third-order valence-corrected chi connectivity index (χ3v) is 2.22. The van der Waals surface area contributed by atoms with Crippen LogP contribution in [0.1, 0.15) is 6.92 Å². The van der Waals surface area contributed by atoms with Gasteiger partial charge in [-0.3, -0.25) is 0 Å². The zero-order valence-corrected chi connectivity index (χ0v) is 8.77. The predicted octanol–water partition coefficient (Wildman–Crippen LogP) is 0.269. The van der Waals surface area contributed by atoms with Crippen molar-refractivity contribution in [1.82, 2.24) is 9.97 Å². The molecule has 0 amide bonds. The van der Waals surface area contributed by atoms with Crippen molar-refractivity contribution >= 4 is 5.82 Å². The standard InChI is InChI=1S/C9H16N4O/c1-7(4-10)13(2)9-8(14-3)5-11-6-12-9/h5-7H,4,10H2,1-3H3. The minimum absolute atomic E-state index is 0.221. The molecule has 78 valence electrons. The first-order valence-corrected chi connectivity index (χ1v) is 4.47. The summed E-state index contributed by atoms with van der Waals surface area (Å²) in [7, 11) is 3.53. The molecule has 0 aromatic carbocycles. The highest BCUT2D eigenvalue weighted by molar-refractivity contribution is 5.50. The first-order valence-electron chi connectivity index (χ1n) is 4.47. The molecule has 0 aliphatic rings. The second-order valence-corrected chi connectivity index (χ2v) is 3.11. The smallest absolute Gasteiger partial charge is 0.179 e. The largest absolute Gasteiger partial charge is 0.491 e. The molecule has 0 aliphatic heterocycles. The Labute approximate surface area is 83.9 Å². The van der Waals surface area contributed by atoms with E-state index in [9.17, 15) is 0 Å². The summed E-state index contributed by atoms with van der Waals surface area (Å²) in [6.45, 7) is 2.60. The van der Waals surface area contributed by atoms with E-state index in [4.69, 9.17) is 10.5 Å². The minimum Gasteiger partial charge on any atom is -0.491 e. The van der Waals surface area contributed by atoms with Crippen LogP contribution in [0, 0.1) is 0 Å². The van der Waals surface area contributed by atoms with Crippen molar-refractivity contribution in [3.05, 3.63) is 12.5 Å². The van der Waals surface area contributed by atoms with Gasteiger partial charge in [-0.2, -0.15) is 0 Å². The van der Waals surface area contributed by atoms with Crippen LogP contribution >= 0.6 is 0 Å². The lowest BCUT2D eigenvalue weighted by molar-refractivity contribution is 0.409. The van der Waals surface area contributed by atoms with Gasteiger partial charge in [-0.05, 0) is 6.92 Å². The van der Waals surface area contributed by atoms with Crippen molar-refractivity contribution < 1.29 is 4.74 Å². The zero-order valence-electron chi connectivity index (χ0n) is 8.77. The van der Waals surface area contributed by atoms with E-state index in [0.29, 0.717) is 12.3 Å². The van der Waals surface area contributed by atoms with E-state index in [1.807, 2.05) is 18.9 Å². The van der Waals surface area contributed by atoms with E-state index >= 15 is 0 Å². The van der Waals surface area contributed by atoms with Gasteiger partial charge in [-0.1, -0.05) is 0 Å². The van der Waals surface area contributed by atoms with Crippen molar-refractivity contribution in [2.24, 2.45) is 5.73 Å². The Morgan fingerprint density at radius 2 is 2.36 bits per heavy atom. The van der Waals surface area contributed by atoms with Crippen LogP contribution in [0.15, 0.2) is 12.5 Å². The molecule has 1 atom stereocenters. The Morgan fingerprint density at radius 1 is 1.64 bits per heavy atom. The van der Waals surface area contributed by atoms with Crippen LogP contribution in [0.5, 0.6) is 5.75 Å². The highest BCUT2D eigenvalue weighted by atomic mass is 16.5. The summed E-state index contributed by atoms with van der Waals surface area (Å²) < 4.78 is 5.15. The lowest BCUT2D eigenvalue weighted by Gasteiger charge is -2.25. The highest BCUT2D eigenvalue weighted by Crippen LogP contribution is 2.23. The second-order valence-electron chi connectivity index (χ2n) is 3.11. The summed E-state index contributed by atoms with van der Waals surface area (Å²) in [6.07, 6.45) is 3.14. The molecule has 0 aliphatic carbocycles. The monoisotopic (exact) mass is 196 g/mol. The van der Waals surface area contributed by atoms with Gasteiger partial charge in [0.2, 0.25) is 0 Å². The van der Waals surface area contributed by atoms with Gasteiger partial charge < -0.3 is 15.4 Å². The molecule has 0 saturated heterocycles. The lowest BCUT2D eigenvalue weighted by atomic mass is 10.3. The van der Waals surface area contributed by atoms with E-state index in [-0.39, 0.29) is 6.04 Å². The molecule has 1 aromatic heterocycles. The Morgan fingerprint density at radius 3 is 2.93 bits per heavy atom. The SMILES string of the molecule is COc1cncnc1N(C)C(C)CN. The zero-order chi connectivity index (χ0) is 10.6. The topological polar surface area (TPSA) is 64.3 Å². The fourth-order valence-electron chi connectivity index (χ4n) is 1.09. The molecule has 0 fully saturated rings. The van der Waals surface area contributed by atoms with Crippen molar-refractivity contribution in [3.8, 4) is 5.75 Å². The van der Waals surface area contributed by atoms with Crippen LogP contribution in [-0.4, -0.2) is 36.7 Å². The fraction of sp³-hybridized carbons (Fsp3) is 0.556. The molecule has 0 spiro atoms. The summed E-state index contributed by atoms with van der Waals surface area (Å²) >= 11 is 0. The predicted molar refractivity (Wildman–Crippen MR) is 55.5 cm³/mol. The van der Waals surface area contributed by atoms with Crippen LogP contribution in [0.4, 0.5) is 5.82 Å². The number of methoxy groups -OCH3 is 1. The Hall–Kier alpha value is -1.36. The van der Waals surface area contributed by atoms with Gasteiger partial charge in [0.15, 0.2) is 11.6 Å². The van der Waals surface area contributed by atoms with E-state index in [2.05, 4.69) is 9.97 Å². The normalized spacial score (nSPS) is 12.3. The molecule has 5 nitrogen and oxygen atoms in total. The minimum atomic E-state index is 0.221. The lowest BCUT2D eigenvalue weighted by Crippen LogP contribution is -2.36. The maximum Gasteiger partial charge on any atom is 0.179 e. The molecule has 14 heavy (non-hydrogen) atoms. The Bertz CT molecular complexity index is 292. The van der Waals surface area contributed by atoms with Crippen molar-refractivity contribution in [2.75, 3.05) is 25.6 Å². The van der Waals surface area contributed by atoms with Gasteiger partial charge >= 0.3 is 0 Å². The average molecular weight is 196 g/mol. The van der Waals surface area contributed by atoms with Crippen LogP contribution in [-0.2, 0) is 0 Å². The maximum absolute atomic E-state index is 5.58. The molecule has 0 radical (unpaired) electrons. The molecule has 1 unspecified atom stereocenters. The van der Waals surface area contributed by atoms with Crippen LogP contribution in [0.3, 0.4) is 0 Å². The average Bonchev–Trinajstić information content (AvgIpc) is 2.26. The van der Waals surface area contributed by atoms with Crippen molar-refractivity contribution in [1.29, 1.82) is 0 Å². The summed E-state index contributed by atoms with van der Waals surface area (Å²) in [5.74, 6) is 1.43. The molecule has 5 heteroatoms. The van der Waals surface area contributed by atoms with Crippen LogP contribution in [0.2, 0.25) is 0 Å². The summed E-state index contributed by atoms with van der Waals surface area (Å²) in [6, 6.07) is 0.221. The number of hydrogen-bond acceptors (Lipinski definition) is 5. The molecule has 2 N–H and O–H groups in total. The van der Waals surface area contributed by atoms with E-state index < -0.39 is 0 Å². The molecule has 1 heterocycles. The Kier molecular flexibility index (Phi) is 3.64. The van der Waals surface area contributed by atoms with Gasteiger partial charge in [-0.15, -0.1) is 0 Å². The Balaban J connectivity index is 2.93. The molecule has 1 aromatic rings. The number of rotatable bonds is 4. The van der Waals surface area contributed by atoms with Gasteiger partial charge in [0.05, 0.1) is 13.3 Å². The van der Waals surface area contributed by atoms with Crippen molar-refractivity contribution in [3.63, 3.8) is 0 Å². The van der Waals surface area contributed by atoms with Crippen LogP contribution in [0.25, 0.3) is 0 Å². The van der Waals surface area contributed by atoms with E-state index in [0.717, 1.165) is 5.82 Å². The summed E-state index contributed by atoms with van der Waals surface area (Å²) in [5, 5.41) is 0. The van der Waals surface area contributed by atoms with Gasteiger partial charge in [0.1, 0.15) is 6.33 Å². The fourth-order valence-corrected chi connectivity index (χ4v) is 1.09. The molecule has 0 bridgehead atoms. The van der Waals surface area contributed by atoms with Gasteiger partial charge in [-0.25, -0.2) is 9.97 Å². The van der Waals surface area contributed by atoms with E-state index in [1.54, 1.807) is 13.3 Å². The number of hydrogen-bond donors (Lipinski definition) is 1. The highest BCUT2D eigenvalue weighted by Gasteiger charge is 2.13. The quantitative estimate of drug-likeness (QED) is 0.748. The molecular weight excluding hydrogens is 180 g/mol. The molecular formula is C9H16N4O. The summed E-state index contributed by atoms with van der Waals surface area (Å²) in [4.78, 5) is 10.0.